The first-order chi connectivity index (χ1) is 34.5. The fourth-order valence-electron chi connectivity index (χ4n) is 9.13. The Hall–Kier alpha value is -2.37. The third kappa shape index (κ3) is 56.5. The molecule has 0 fully saturated rings. The Morgan fingerprint density at radius 3 is 0.729 bits per heavy atom. The van der Waals surface area contributed by atoms with Crippen molar-refractivity contribution in [3.63, 3.8) is 0 Å². The van der Waals surface area contributed by atoms with E-state index >= 15 is 0 Å². The van der Waals surface area contributed by atoms with Crippen molar-refractivity contribution in [1.29, 1.82) is 0 Å². The Morgan fingerprint density at radius 1 is 0.271 bits per heavy atom. The number of carbonyl (C=O) groups excluding carboxylic acids is 3. The molecule has 0 spiro atoms. The maximum atomic E-state index is 12.9. The summed E-state index contributed by atoms with van der Waals surface area (Å²) in [5.74, 6) is -0.876. The largest absolute Gasteiger partial charge is 0.462 e. The molecule has 0 aliphatic carbocycles. The van der Waals surface area contributed by atoms with Gasteiger partial charge >= 0.3 is 17.9 Å². The number of rotatable bonds is 57. The topological polar surface area (TPSA) is 78.9 Å². The average Bonchev–Trinajstić information content (AvgIpc) is 3.36. The van der Waals surface area contributed by atoms with Gasteiger partial charge in [-0.05, 0) is 96.3 Å². The average molecular weight is 984 g/mol. The summed E-state index contributed by atoms with van der Waals surface area (Å²) in [6.45, 7) is 6.65. The fraction of sp³-hybridized carbons (Fsp3) is 0.859. The van der Waals surface area contributed by atoms with E-state index in [4.69, 9.17) is 14.2 Å². The van der Waals surface area contributed by atoms with Gasteiger partial charge < -0.3 is 14.2 Å². The second-order valence-corrected chi connectivity index (χ2v) is 21.0. The lowest BCUT2D eigenvalue weighted by molar-refractivity contribution is -0.167. The van der Waals surface area contributed by atoms with E-state index in [1.54, 1.807) is 0 Å². The third-order valence-electron chi connectivity index (χ3n) is 13.8. The van der Waals surface area contributed by atoms with E-state index in [2.05, 4.69) is 57.2 Å². The van der Waals surface area contributed by atoms with Crippen LogP contribution in [0.25, 0.3) is 0 Å². The summed E-state index contributed by atoms with van der Waals surface area (Å²) in [5.41, 5.74) is 0. The molecule has 0 N–H and O–H groups in total. The Bertz CT molecular complexity index is 1170. The van der Waals surface area contributed by atoms with Crippen LogP contribution in [0.5, 0.6) is 0 Å². The molecule has 6 heteroatoms. The molecule has 410 valence electrons. The predicted molar refractivity (Wildman–Crippen MR) is 302 cm³/mol. The van der Waals surface area contributed by atoms with Crippen molar-refractivity contribution in [2.24, 2.45) is 0 Å². The lowest BCUT2D eigenvalue weighted by Crippen LogP contribution is -2.30. The van der Waals surface area contributed by atoms with Gasteiger partial charge in [0.1, 0.15) is 13.2 Å². The Balaban J connectivity index is 4.28. The second kappa shape index (κ2) is 59.2. The van der Waals surface area contributed by atoms with Crippen LogP contribution >= 0.6 is 0 Å². The molecule has 0 saturated carbocycles. The van der Waals surface area contributed by atoms with E-state index in [1.807, 2.05) is 0 Å². The molecular weight excluding hydrogens is 865 g/mol. The molecule has 0 bridgehead atoms. The van der Waals surface area contributed by atoms with E-state index < -0.39 is 6.10 Å². The fourth-order valence-corrected chi connectivity index (χ4v) is 9.13. The van der Waals surface area contributed by atoms with Gasteiger partial charge in [-0.25, -0.2) is 0 Å². The van der Waals surface area contributed by atoms with Crippen LogP contribution in [0, 0.1) is 0 Å². The van der Waals surface area contributed by atoms with Crippen molar-refractivity contribution < 1.29 is 28.6 Å². The molecule has 0 amide bonds. The minimum Gasteiger partial charge on any atom is -0.462 e. The molecule has 0 radical (unpaired) electrons. The summed E-state index contributed by atoms with van der Waals surface area (Å²) >= 11 is 0. The van der Waals surface area contributed by atoms with Crippen LogP contribution in [0.4, 0.5) is 0 Å². The Morgan fingerprint density at radius 2 is 0.471 bits per heavy atom. The number of esters is 3. The molecule has 70 heavy (non-hydrogen) atoms. The Kier molecular flexibility index (Phi) is 57.2. The van der Waals surface area contributed by atoms with Crippen LogP contribution in [-0.2, 0) is 28.6 Å². The zero-order valence-corrected chi connectivity index (χ0v) is 47.1. The van der Waals surface area contributed by atoms with E-state index in [-0.39, 0.29) is 31.1 Å². The van der Waals surface area contributed by atoms with Gasteiger partial charge in [0.15, 0.2) is 6.10 Å². The molecule has 0 aromatic heterocycles. The first-order valence-corrected chi connectivity index (χ1v) is 31.0. The van der Waals surface area contributed by atoms with Gasteiger partial charge in [0.2, 0.25) is 0 Å². The highest BCUT2D eigenvalue weighted by atomic mass is 16.6. The molecular formula is C64H118O6. The van der Waals surface area contributed by atoms with Gasteiger partial charge in [-0.15, -0.1) is 0 Å². The summed E-state index contributed by atoms with van der Waals surface area (Å²) in [6.07, 6.45) is 71.5. The predicted octanol–water partition coefficient (Wildman–Crippen LogP) is 20.8. The van der Waals surface area contributed by atoms with Gasteiger partial charge in [-0.1, -0.05) is 256 Å². The first kappa shape index (κ1) is 67.6. The molecule has 6 nitrogen and oxygen atoms in total. The monoisotopic (exact) mass is 983 g/mol. The van der Waals surface area contributed by atoms with E-state index in [0.29, 0.717) is 19.3 Å². The van der Waals surface area contributed by atoms with Gasteiger partial charge in [0.25, 0.3) is 0 Å². The smallest absolute Gasteiger partial charge is 0.306 e. The van der Waals surface area contributed by atoms with Gasteiger partial charge in [0.05, 0.1) is 0 Å². The van der Waals surface area contributed by atoms with Gasteiger partial charge in [0, 0.05) is 19.3 Å². The highest BCUT2D eigenvalue weighted by Crippen LogP contribution is 2.16. The maximum Gasteiger partial charge on any atom is 0.306 e. The molecule has 1 atom stereocenters. The van der Waals surface area contributed by atoms with Crippen molar-refractivity contribution in [3.8, 4) is 0 Å². The summed E-state index contributed by atoms with van der Waals surface area (Å²) in [4.78, 5) is 38.2. The molecule has 0 aliphatic heterocycles. The maximum absolute atomic E-state index is 12.9. The summed E-state index contributed by atoms with van der Waals surface area (Å²) < 4.78 is 16.9. The number of unbranched alkanes of at least 4 members (excludes halogenated alkanes) is 40. The van der Waals surface area contributed by atoms with E-state index in [0.717, 1.165) is 70.6 Å². The second-order valence-electron chi connectivity index (χ2n) is 21.0. The van der Waals surface area contributed by atoms with Crippen LogP contribution in [0.15, 0.2) is 36.5 Å². The summed E-state index contributed by atoms with van der Waals surface area (Å²) in [7, 11) is 0. The van der Waals surface area contributed by atoms with E-state index in [1.165, 1.54) is 225 Å². The highest BCUT2D eigenvalue weighted by molar-refractivity contribution is 5.71. The molecule has 0 rings (SSSR count). The zero-order valence-electron chi connectivity index (χ0n) is 47.1. The standard InChI is InChI=1S/C64H118O6/c1-4-7-10-13-16-19-22-25-27-29-30-31-32-33-34-35-37-39-42-45-48-51-54-57-63(66)69-60-61(59-68-62(65)56-53-50-47-44-41-38-24-21-18-15-12-9-6-3)70-64(67)58-55-52-49-46-43-40-36-28-26-23-20-17-14-11-8-5-2/h21,24,28-30,36,61H,4-20,22-23,25-27,31-35,37-60H2,1-3H3/b24-21-,30-29-,36-28-. The number of hydrogen-bond acceptors (Lipinski definition) is 6. The van der Waals surface area contributed by atoms with Crippen molar-refractivity contribution in [3.05, 3.63) is 36.5 Å². The third-order valence-corrected chi connectivity index (χ3v) is 13.8. The van der Waals surface area contributed by atoms with E-state index in [9.17, 15) is 14.4 Å². The van der Waals surface area contributed by atoms with Crippen molar-refractivity contribution in [2.45, 2.75) is 341 Å². The summed E-state index contributed by atoms with van der Waals surface area (Å²) in [6, 6.07) is 0. The zero-order chi connectivity index (χ0) is 50.7. The normalized spacial score (nSPS) is 12.2. The molecule has 1 unspecified atom stereocenters. The quantitative estimate of drug-likeness (QED) is 0.0261. The first-order valence-electron chi connectivity index (χ1n) is 31.0. The molecule has 0 heterocycles. The van der Waals surface area contributed by atoms with Crippen LogP contribution in [0.2, 0.25) is 0 Å². The molecule has 0 aliphatic rings. The lowest BCUT2D eigenvalue weighted by Gasteiger charge is -2.18. The SMILES string of the molecule is CCCCCC/C=C\CCCCCCCC(=O)OCC(COC(=O)CCCCCCCCCCCCC/C=C\CCCCCCCCCC)OC(=O)CCCCCCC/C=C\CCCCCCCCC. The molecule has 0 aromatic carbocycles. The molecule has 0 aromatic rings. The molecule has 0 saturated heterocycles. The highest BCUT2D eigenvalue weighted by Gasteiger charge is 2.19. The van der Waals surface area contributed by atoms with Crippen molar-refractivity contribution in [2.75, 3.05) is 13.2 Å². The van der Waals surface area contributed by atoms with Crippen molar-refractivity contribution in [1.82, 2.24) is 0 Å². The van der Waals surface area contributed by atoms with Crippen molar-refractivity contribution >= 4 is 17.9 Å². The number of allylic oxidation sites excluding steroid dienone is 6. The van der Waals surface area contributed by atoms with Crippen LogP contribution in [-0.4, -0.2) is 37.2 Å². The lowest BCUT2D eigenvalue weighted by atomic mass is 10.0. The van der Waals surface area contributed by atoms with Crippen LogP contribution in [0.3, 0.4) is 0 Å². The minimum absolute atomic E-state index is 0.0758. The Labute approximate surface area is 435 Å². The minimum atomic E-state index is -0.779. The van der Waals surface area contributed by atoms with Gasteiger partial charge in [-0.2, -0.15) is 0 Å². The number of carbonyl (C=O) groups is 3. The number of hydrogen-bond donors (Lipinski definition) is 0. The van der Waals surface area contributed by atoms with Crippen LogP contribution in [0.1, 0.15) is 335 Å². The summed E-state index contributed by atoms with van der Waals surface area (Å²) in [5, 5.41) is 0. The van der Waals surface area contributed by atoms with Crippen LogP contribution < -0.4 is 0 Å². The van der Waals surface area contributed by atoms with Gasteiger partial charge in [-0.3, -0.25) is 14.4 Å². The number of ether oxygens (including phenoxy) is 3.